The summed E-state index contributed by atoms with van der Waals surface area (Å²) in [6.45, 7) is 8.60. The van der Waals surface area contributed by atoms with Crippen molar-refractivity contribution in [1.29, 1.82) is 0 Å². The van der Waals surface area contributed by atoms with Crippen molar-refractivity contribution in [3.63, 3.8) is 0 Å². The molecule has 13 heteroatoms. The van der Waals surface area contributed by atoms with Crippen molar-refractivity contribution in [2.24, 2.45) is 18.4 Å². The van der Waals surface area contributed by atoms with Crippen molar-refractivity contribution in [2.75, 3.05) is 64.0 Å². The molecule has 6 heterocycles. The molecule has 2 aromatic heterocycles. The molecule has 5 aromatic rings. The first-order valence-electron chi connectivity index (χ1n) is 18.9. The number of halogens is 2. The number of aryl methyl sites for hydroxylation is 1. The first-order chi connectivity index (χ1) is 26.0. The smallest absolute Gasteiger partial charge is 0.319 e. The number of hydrogen-bond donors (Lipinski definition) is 2. The largest absolute Gasteiger partial charge is 0.508 e. The van der Waals surface area contributed by atoms with Gasteiger partial charge in [-0.2, -0.15) is 15.1 Å². The first-order valence-corrected chi connectivity index (χ1v) is 18.9. The highest BCUT2D eigenvalue weighted by Gasteiger charge is 2.49. The number of nitrogens with zero attached hydrogens (tertiary/aromatic N) is 7. The number of aromatic hydroxyl groups is 1. The third-order valence-corrected chi connectivity index (χ3v) is 12.3. The van der Waals surface area contributed by atoms with E-state index in [-0.39, 0.29) is 51.5 Å². The monoisotopic (exact) mass is 735 g/mol. The normalized spacial score (nSPS) is 23.5. The molecule has 2 N–H and O–H groups in total. The number of β-amino-alcohol motifs (C(OH)–C–C–N with tert-alkyl or cyclic N) is 1. The Kier molecular flexibility index (Phi) is 7.66. The van der Waals surface area contributed by atoms with E-state index in [1.807, 2.05) is 13.1 Å². The molecule has 10 rings (SSSR count). The molecular weight excluding hydrogens is 692 g/mol. The van der Waals surface area contributed by atoms with Gasteiger partial charge in [0.15, 0.2) is 5.82 Å². The zero-order chi connectivity index (χ0) is 37.1. The third kappa shape index (κ3) is 5.56. The fourth-order valence-corrected chi connectivity index (χ4v) is 9.66. The zero-order valence-corrected chi connectivity index (χ0v) is 30.5. The number of phenols is 1. The number of aliphatic hydroxyl groups is 1. The predicted molar refractivity (Wildman–Crippen MR) is 201 cm³/mol. The maximum Gasteiger partial charge on any atom is 0.319 e. The predicted octanol–water partition coefficient (Wildman–Crippen LogP) is 4.83. The Morgan fingerprint density at radius 1 is 1.04 bits per heavy atom. The Hall–Kier alpha value is -4.61. The summed E-state index contributed by atoms with van der Waals surface area (Å²) in [5, 5.41) is 27.9. The van der Waals surface area contributed by atoms with E-state index in [9.17, 15) is 10.2 Å². The van der Waals surface area contributed by atoms with Gasteiger partial charge < -0.3 is 24.6 Å². The number of fused-ring (bicyclic) bond motifs is 6. The van der Waals surface area contributed by atoms with E-state index in [1.165, 1.54) is 24.3 Å². The van der Waals surface area contributed by atoms with Gasteiger partial charge >= 0.3 is 6.01 Å². The topological polar surface area (TPSA) is 112 Å². The summed E-state index contributed by atoms with van der Waals surface area (Å²) >= 11 is 0. The fraction of sp³-hybridized carbons (Fsp3) is 0.488. The number of anilines is 1. The lowest BCUT2D eigenvalue weighted by Crippen LogP contribution is -2.61. The van der Waals surface area contributed by atoms with Crippen LogP contribution in [0.3, 0.4) is 0 Å². The zero-order valence-electron chi connectivity index (χ0n) is 30.5. The average Bonchev–Trinajstić information content (AvgIpc) is 3.68. The van der Waals surface area contributed by atoms with Crippen LogP contribution in [0.1, 0.15) is 38.2 Å². The molecule has 1 saturated carbocycles. The number of ether oxygens (including phenoxy) is 2. The summed E-state index contributed by atoms with van der Waals surface area (Å²) in [7, 11) is 1.78. The summed E-state index contributed by atoms with van der Waals surface area (Å²) in [6.07, 6.45) is 11.6. The summed E-state index contributed by atoms with van der Waals surface area (Å²) < 4.78 is 46.6. The molecule has 1 aliphatic carbocycles. The van der Waals surface area contributed by atoms with E-state index in [4.69, 9.17) is 31.0 Å². The van der Waals surface area contributed by atoms with Crippen LogP contribution in [-0.4, -0.2) is 117 Å². The van der Waals surface area contributed by atoms with Crippen LogP contribution in [0.15, 0.2) is 30.5 Å². The molecule has 0 radical (unpaired) electrons. The van der Waals surface area contributed by atoms with Crippen molar-refractivity contribution >= 4 is 38.4 Å². The van der Waals surface area contributed by atoms with Crippen LogP contribution in [0.5, 0.6) is 11.8 Å². The standard InChI is InChI=1S/C41H43F2N7O4/c1-4-28-31(42)8-5-24-11-27(51)12-29(32(24)28)33-35(43)37-34(30-16-47(3)46-36(30)33)38(50-25-6-7-26(50)15-48(14-25)13-23-17-53-18-23)45-39(44-37)54-22-41(9-10-41)21-49-19-40(2,52)20-49/h1,5,8,11-12,16,23,25-26,51-52H,6-7,9-10,13-15,17-22H2,2-3H3/t25-,26+. The van der Waals surface area contributed by atoms with Gasteiger partial charge in [-0.15, -0.1) is 6.42 Å². The van der Waals surface area contributed by atoms with Gasteiger partial charge in [-0.3, -0.25) is 14.5 Å². The van der Waals surface area contributed by atoms with E-state index in [2.05, 4.69) is 20.6 Å². The van der Waals surface area contributed by atoms with Crippen molar-refractivity contribution in [1.82, 2.24) is 29.5 Å². The van der Waals surface area contributed by atoms with E-state index in [1.54, 1.807) is 11.7 Å². The molecule has 54 heavy (non-hydrogen) atoms. The number of phenolic OH excluding ortho intramolecular Hbond substituents is 1. The second kappa shape index (κ2) is 12.2. The lowest BCUT2D eigenvalue weighted by atomic mass is 9.91. The van der Waals surface area contributed by atoms with Crippen LogP contribution >= 0.6 is 0 Å². The molecule has 4 aliphatic heterocycles. The van der Waals surface area contributed by atoms with Crippen molar-refractivity contribution in [3.05, 3.63) is 47.7 Å². The van der Waals surface area contributed by atoms with Crippen LogP contribution in [0.4, 0.5) is 14.6 Å². The second-order valence-electron chi connectivity index (χ2n) is 16.8. The van der Waals surface area contributed by atoms with Gasteiger partial charge in [0.05, 0.1) is 36.4 Å². The van der Waals surface area contributed by atoms with Crippen molar-refractivity contribution < 1.29 is 28.5 Å². The highest BCUT2D eigenvalue weighted by molar-refractivity contribution is 6.18. The van der Waals surface area contributed by atoms with Crippen molar-refractivity contribution in [3.8, 4) is 35.2 Å². The Bertz CT molecular complexity index is 2380. The van der Waals surface area contributed by atoms with Gasteiger partial charge in [-0.1, -0.05) is 12.0 Å². The number of terminal acetylenes is 1. The number of benzene rings is 3. The van der Waals surface area contributed by atoms with E-state index < -0.39 is 17.2 Å². The summed E-state index contributed by atoms with van der Waals surface area (Å²) in [4.78, 5) is 17.1. The summed E-state index contributed by atoms with van der Waals surface area (Å²) in [6, 6.07) is 6.10. The van der Waals surface area contributed by atoms with Gasteiger partial charge in [0.2, 0.25) is 0 Å². The summed E-state index contributed by atoms with van der Waals surface area (Å²) in [5.41, 5.74) is -0.0908. The first kappa shape index (κ1) is 33.9. The van der Waals surface area contributed by atoms with Crippen LogP contribution in [0, 0.1) is 35.3 Å². The molecule has 2 bridgehead atoms. The SMILES string of the molecule is C#Cc1c(F)ccc2cc(O)cc(-c3c(F)c4nc(OCC5(CN6CC(C)(O)C6)CC5)nc(N5[C@@H]6CC[C@H]5CN(CC5COC5)C6)c4c4cn(C)nc34)c12. The molecule has 2 atom stereocenters. The minimum atomic E-state index is -0.677. The van der Waals surface area contributed by atoms with E-state index in [0.29, 0.717) is 58.5 Å². The second-order valence-corrected chi connectivity index (χ2v) is 16.8. The van der Waals surface area contributed by atoms with Crippen LogP contribution in [0.2, 0.25) is 0 Å². The van der Waals surface area contributed by atoms with Crippen molar-refractivity contribution in [2.45, 2.75) is 50.3 Å². The number of aromatic nitrogens is 4. The van der Waals surface area contributed by atoms with Crippen LogP contribution in [0.25, 0.3) is 43.7 Å². The maximum absolute atomic E-state index is 17.8. The quantitative estimate of drug-likeness (QED) is 0.205. The van der Waals surface area contributed by atoms with Gasteiger partial charge in [0.1, 0.15) is 28.4 Å². The lowest BCUT2D eigenvalue weighted by Gasteiger charge is -2.45. The summed E-state index contributed by atoms with van der Waals surface area (Å²) in [5.74, 6) is 2.21. The molecule has 3 aromatic carbocycles. The molecule has 0 unspecified atom stereocenters. The van der Waals surface area contributed by atoms with E-state index in [0.717, 1.165) is 65.1 Å². The number of hydrogen-bond acceptors (Lipinski definition) is 10. The van der Waals surface area contributed by atoms with Gasteiger partial charge in [0, 0.05) is 92.3 Å². The molecule has 0 spiro atoms. The Morgan fingerprint density at radius 2 is 1.80 bits per heavy atom. The Balaban J connectivity index is 1.14. The maximum atomic E-state index is 17.8. The van der Waals surface area contributed by atoms with Crippen LogP contribution in [-0.2, 0) is 11.8 Å². The Labute approximate surface area is 311 Å². The molecule has 4 saturated heterocycles. The van der Waals surface area contributed by atoms with Gasteiger partial charge in [-0.25, -0.2) is 8.78 Å². The molecule has 5 aliphatic rings. The lowest BCUT2D eigenvalue weighted by molar-refractivity contribution is -0.0921. The fourth-order valence-electron chi connectivity index (χ4n) is 9.66. The number of rotatable bonds is 9. The van der Waals surface area contributed by atoms with E-state index >= 15 is 8.78 Å². The number of likely N-dealkylation sites (tertiary alicyclic amines) is 2. The third-order valence-electron chi connectivity index (χ3n) is 12.3. The minimum absolute atomic E-state index is 0.0279. The van der Waals surface area contributed by atoms with Gasteiger partial charge in [-0.05, 0) is 61.8 Å². The molecule has 11 nitrogen and oxygen atoms in total. The molecule has 0 amide bonds. The number of piperazine rings is 1. The Morgan fingerprint density at radius 3 is 2.46 bits per heavy atom. The molecule has 280 valence electrons. The molecule has 5 fully saturated rings. The van der Waals surface area contributed by atoms with Crippen LogP contribution < -0.4 is 9.64 Å². The highest BCUT2D eigenvalue weighted by atomic mass is 19.1. The average molecular weight is 736 g/mol. The molecular formula is C41H43F2N7O4. The highest BCUT2D eigenvalue weighted by Crippen LogP contribution is 2.49. The minimum Gasteiger partial charge on any atom is -0.508 e. The van der Waals surface area contributed by atoms with Gasteiger partial charge in [0.25, 0.3) is 0 Å².